The molecule has 0 saturated heterocycles. The Balaban J connectivity index is 2.15. The third-order valence-electron chi connectivity index (χ3n) is 2.57. The van der Waals surface area contributed by atoms with Crippen LogP contribution < -0.4 is 10.9 Å². The van der Waals surface area contributed by atoms with Crippen molar-refractivity contribution in [2.45, 2.75) is 31.6 Å². The van der Waals surface area contributed by atoms with Crippen LogP contribution in [0.25, 0.3) is 0 Å². The van der Waals surface area contributed by atoms with Crippen molar-refractivity contribution in [3.05, 3.63) is 34.2 Å². The van der Waals surface area contributed by atoms with Crippen LogP contribution in [0.15, 0.2) is 23.1 Å². The van der Waals surface area contributed by atoms with Crippen LogP contribution in [-0.4, -0.2) is 16.5 Å². The Morgan fingerprint density at radius 3 is 2.61 bits per heavy atom. The van der Waals surface area contributed by atoms with Gasteiger partial charge >= 0.3 is 6.18 Å². The second kappa shape index (κ2) is 4.47. The normalized spacial score (nSPS) is 15.5. The molecule has 7 heteroatoms. The van der Waals surface area contributed by atoms with E-state index in [1.807, 2.05) is 0 Å². The van der Waals surface area contributed by atoms with Crippen LogP contribution in [0.2, 0.25) is 0 Å². The van der Waals surface area contributed by atoms with Gasteiger partial charge in [0.05, 0.1) is 5.56 Å². The zero-order chi connectivity index (χ0) is 13.3. The summed E-state index contributed by atoms with van der Waals surface area (Å²) in [5.41, 5.74) is -1.57. The lowest BCUT2D eigenvalue weighted by Crippen LogP contribution is -2.33. The van der Waals surface area contributed by atoms with Gasteiger partial charge in [0.15, 0.2) is 0 Å². The molecule has 1 aromatic rings. The molecule has 98 valence electrons. The molecule has 0 bridgehead atoms. The summed E-state index contributed by atoms with van der Waals surface area (Å²) in [5.74, 6) is -0.445. The van der Waals surface area contributed by atoms with Crippen molar-refractivity contribution in [1.82, 2.24) is 9.88 Å². The van der Waals surface area contributed by atoms with Crippen molar-refractivity contribution in [2.75, 3.05) is 0 Å². The first kappa shape index (κ1) is 12.7. The molecule has 0 radical (unpaired) electrons. The summed E-state index contributed by atoms with van der Waals surface area (Å²) in [6.07, 6.45) is -2.11. The van der Waals surface area contributed by atoms with Crippen molar-refractivity contribution >= 4 is 5.91 Å². The number of hydrogen-bond acceptors (Lipinski definition) is 2. The van der Waals surface area contributed by atoms with Crippen molar-refractivity contribution in [1.29, 1.82) is 0 Å². The molecule has 1 N–H and O–H groups in total. The van der Waals surface area contributed by atoms with Crippen LogP contribution in [0.1, 0.15) is 18.4 Å². The molecule has 0 spiro atoms. The number of amides is 1. The van der Waals surface area contributed by atoms with Gasteiger partial charge in [-0.15, -0.1) is 0 Å². The van der Waals surface area contributed by atoms with E-state index < -0.39 is 23.2 Å². The highest BCUT2D eigenvalue weighted by atomic mass is 19.4. The van der Waals surface area contributed by atoms with Gasteiger partial charge in [-0.1, -0.05) is 0 Å². The van der Waals surface area contributed by atoms with E-state index in [1.165, 1.54) is 0 Å². The molecule has 2 rings (SSSR count). The van der Waals surface area contributed by atoms with E-state index in [1.54, 1.807) is 0 Å². The molecule has 18 heavy (non-hydrogen) atoms. The van der Waals surface area contributed by atoms with Gasteiger partial charge in [-0.3, -0.25) is 9.59 Å². The van der Waals surface area contributed by atoms with Gasteiger partial charge in [-0.2, -0.15) is 13.2 Å². The number of halogens is 3. The zero-order valence-electron chi connectivity index (χ0n) is 9.33. The van der Waals surface area contributed by atoms with Crippen molar-refractivity contribution in [3.63, 3.8) is 0 Å². The predicted octanol–water partition coefficient (Wildman–Crippen LogP) is 1.15. The Labute approximate surface area is 100 Å². The molecule has 1 aliphatic rings. The van der Waals surface area contributed by atoms with E-state index in [4.69, 9.17) is 0 Å². The molecule has 0 aliphatic heterocycles. The van der Waals surface area contributed by atoms with E-state index in [0.29, 0.717) is 12.3 Å². The van der Waals surface area contributed by atoms with Gasteiger partial charge in [-0.05, 0) is 18.9 Å². The third-order valence-corrected chi connectivity index (χ3v) is 2.57. The molecule has 1 heterocycles. The fraction of sp³-hybridized carbons (Fsp3) is 0.455. The van der Waals surface area contributed by atoms with E-state index in [9.17, 15) is 22.8 Å². The average molecular weight is 260 g/mol. The summed E-state index contributed by atoms with van der Waals surface area (Å²) in [6, 6.07) is 1.63. The van der Waals surface area contributed by atoms with Gasteiger partial charge in [0.25, 0.3) is 5.56 Å². The number of alkyl halides is 3. The first-order chi connectivity index (χ1) is 8.36. The Morgan fingerprint density at radius 2 is 2.06 bits per heavy atom. The minimum atomic E-state index is -4.53. The number of carbonyl (C=O) groups excluding carboxylic acids is 1. The van der Waals surface area contributed by atoms with Crippen LogP contribution in [0, 0.1) is 0 Å². The molecule has 1 aliphatic carbocycles. The molecule has 0 unspecified atom stereocenters. The van der Waals surface area contributed by atoms with E-state index in [2.05, 4.69) is 5.32 Å². The monoisotopic (exact) mass is 260 g/mol. The van der Waals surface area contributed by atoms with Crippen molar-refractivity contribution < 1.29 is 18.0 Å². The Hall–Kier alpha value is -1.79. The molecule has 4 nitrogen and oxygen atoms in total. The lowest BCUT2D eigenvalue weighted by Gasteiger charge is -2.10. The number of hydrogen-bond donors (Lipinski definition) is 1. The Bertz CT molecular complexity index is 518. The summed E-state index contributed by atoms with van der Waals surface area (Å²) in [5, 5.41) is 2.61. The van der Waals surface area contributed by atoms with Gasteiger partial charge in [0, 0.05) is 18.3 Å². The summed E-state index contributed by atoms with van der Waals surface area (Å²) >= 11 is 0. The highest BCUT2D eigenvalue weighted by Gasteiger charge is 2.31. The second-order valence-electron chi connectivity index (χ2n) is 4.22. The minimum absolute atomic E-state index is 0.110. The molecule has 1 saturated carbocycles. The fourth-order valence-electron chi connectivity index (χ4n) is 1.48. The van der Waals surface area contributed by atoms with Gasteiger partial charge in [-0.25, -0.2) is 0 Å². The molecule has 1 aromatic heterocycles. The van der Waals surface area contributed by atoms with Crippen LogP contribution in [-0.2, 0) is 17.5 Å². The molecular formula is C11H11F3N2O2. The lowest BCUT2D eigenvalue weighted by atomic mass is 10.3. The number of aromatic nitrogens is 1. The van der Waals surface area contributed by atoms with Crippen LogP contribution in [0.4, 0.5) is 13.2 Å². The number of nitrogens with zero attached hydrogens (tertiary/aromatic N) is 1. The number of pyridine rings is 1. The average Bonchev–Trinajstić information content (AvgIpc) is 3.03. The smallest absolute Gasteiger partial charge is 0.352 e. The summed E-state index contributed by atoms with van der Waals surface area (Å²) < 4.78 is 38.1. The van der Waals surface area contributed by atoms with Gasteiger partial charge in [0.1, 0.15) is 6.54 Å². The molecule has 1 amide bonds. The van der Waals surface area contributed by atoms with Gasteiger partial charge < -0.3 is 9.88 Å². The predicted molar refractivity (Wildman–Crippen MR) is 56.9 cm³/mol. The van der Waals surface area contributed by atoms with E-state index in [-0.39, 0.29) is 12.6 Å². The molecule has 0 atom stereocenters. The SMILES string of the molecule is O=C(Cn1cc(C(F)(F)F)ccc1=O)NC1CC1. The van der Waals surface area contributed by atoms with Crippen LogP contribution in [0.5, 0.6) is 0 Å². The minimum Gasteiger partial charge on any atom is -0.352 e. The Morgan fingerprint density at radius 1 is 1.39 bits per heavy atom. The molecule has 0 aromatic carbocycles. The number of nitrogens with one attached hydrogen (secondary N) is 1. The maximum atomic E-state index is 12.4. The fourth-order valence-corrected chi connectivity index (χ4v) is 1.48. The topological polar surface area (TPSA) is 51.1 Å². The van der Waals surface area contributed by atoms with Crippen LogP contribution >= 0.6 is 0 Å². The third kappa shape index (κ3) is 3.12. The first-order valence-corrected chi connectivity index (χ1v) is 5.43. The quantitative estimate of drug-likeness (QED) is 0.886. The summed E-state index contributed by atoms with van der Waals surface area (Å²) in [6.45, 7) is -0.390. The highest BCUT2D eigenvalue weighted by molar-refractivity contribution is 5.76. The van der Waals surface area contributed by atoms with Crippen molar-refractivity contribution in [2.24, 2.45) is 0 Å². The van der Waals surface area contributed by atoms with Crippen LogP contribution in [0.3, 0.4) is 0 Å². The summed E-state index contributed by atoms with van der Waals surface area (Å²) in [4.78, 5) is 22.8. The van der Waals surface area contributed by atoms with E-state index >= 15 is 0 Å². The van der Waals surface area contributed by atoms with Gasteiger partial charge in [0.2, 0.25) is 5.91 Å². The molecule has 1 fully saturated rings. The first-order valence-electron chi connectivity index (χ1n) is 5.43. The Kier molecular flexibility index (Phi) is 3.14. The second-order valence-corrected chi connectivity index (χ2v) is 4.22. The van der Waals surface area contributed by atoms with Crippen molar-refractivity contribution in [3.8, 4) is 0 Å². The summed E-state index contributed by atoms with van der Waals surface area (Å²) in [7, 11) is 0. The maximum absolute atomic E-state index is 12.4. The number of rotatable bonds is 3. The number of carbonyl (C=O) groups is 1. The molecular weight excluding hydrogens is 249 g/mol. The highest BCUT2D eigenvalue weighted by Crippen LogP contribution is 2.28. The maximum Gasteiger partial charge on any atom is 0.417 e. The zero-order valence-corrected chi connectivity index (χ0v) is 9.33. The lowest BCUT2D eigenvalue weighted by molar-refractivity contribution is -0.138. The standard InChI is InChI=1S/C11H11F3N2O2/c12-11(13,14)7-1-4-10(18)16(5-7)6-9(17)15-8-2-3-8/h1,4-5,8H,2-3,6H2,(H,15,17). The van der Waals surface area contributed by atoms with E-state index in [0.717, 1.165) is 23.5 Å². The largest absolute Gasteiger partial charge is 0.417 e.